The third-order valence-electron chi connectivity index (χ3n) is 5.15. The van der Waals surface area contributed by atoms with Crippen molar-refractivity contribution in [2.24, 2.45) is 11.3 Å². The second-order valence-corrected chi connectivity index (χ2v) is 6.68. The average molecular weight is 279 g/mol. The molecule has 0 saturated carbocycles. The molecule has 2 atom stereocenters. The van der Waals surface area contributed by atoms with Gasteiger partial charge in [-0.1, -0.05) is 0 Å². The molecule has 2 N–H and O–H groups in total. The lowest BCUT2D eigenvalue weighted by Crippen LogP contribution is -2.55. The van der Waals surface area contributed by atoms with E-state index in [1.54, 1.807) is 0 Å². The van der Waals surface area contributed by atoms with E-state index in [4.69, 9.17) is 0 Å². The minimum atomic E-state index is -0.000556. The van der Waals surface area contributed by atoms with Crippen LogP contribution in [0.2, 0.25) is 0 Å². The maximum atomic E-state index is 12.6. The predicted octanol–water partition coefficient (Wildman–Crippen LogP) is 0.505. The van der Waals surface area contributed by atoms with E-state index in [0.29, 0.717) is 24.8 Å². The minimum absolute atomic E-state index is 0.000556. The first-order chi connectivity index (χ1) is 9.69. The molecule has 112 valence electrons. The molecule has 5 nitrogen and oxygen atoms in total. The van der Waals surface area contributed by atoms with Gasteiger partial charge in [0.05, 0.1) is 5.92 Å². The Kier molecular flexibility index (Phi) is 3.96. The van der Waals surface area contributed by atoms with Crippen molar-refractivity contribution in [3.05, 3.63) is 0 Å². The monoisotopic (exact) mass is 279 g/mol. The van der Waals surface area contributed by atoms with Gasteiger partial charge in [0.25, 0.3) is 0 Å². The van der Waals surface area contributed by atoms with Crippen molar-refractivity contribution in [3.63, 3.8) is 0 Å². The van der Waals surface area contributed by atoms with Crippen LogP contribution in [0.3, 0.4) is 0 Å². The Hall–Kier alpha value is -1.10. The summed E-state index contributed by atoms with van der Waals surface area (Å²) in [5, 5.41) is 6.32. The zero-order valence-electron chi connectivity index (χ0n) is 12.1. The minimum Gasteiger partial charge on any atom is -0.355 e. The van der Waals surface area contributed by atoms with Crippen LogP contribution in [0, 0.1) is 11.3 Å². The lowest BCUT2D eigenvalue weighted by atomic mass is 9.74. The molecule has 1 spiro atoms. The number of rotatable bonds is 1. The Labute approximate surface area is 120 Å². The summed E-state index contributed by atoms with van der Waals surface area (Å²) < 4.78 is 0. The SMILES string of the molecule is O=C1CCC(C(=O)N2CCCC3(CCCNC3)C2)CN1. The van der Waals surface area contributed by atoms with Crippen LogP contribution in [0.5, 0.6) is 0 Å². The molecule has 0 aromatic carbocycles. The van der Waals surface area contributed by atoms with Crippen molar-refractivity contribution >= 4 is 11.8 Å². The number of carbonyl (C=O) groups excluding carboxylic acids is 2. The molecule has 3 rings (SSSR count). The predicted molar refractivity (Wildman–Crippen MR) is 76.1 cm³/mol. The molecule has 0 bridgehead atoms. The summed E-state index contributed by atoms with van der Waals surface area (Å²) in [4.78, 5) is 25.9. The van der Waals surface area contributed by atoms with E-state index >= 15 is 0 Å². The third kappa shape index (κ3) is 2.82. The fourth-order valence-corrected chi connectivity index (χ4v) is 3.98. The van der Waals surface area contributed by atoms with Crippen molar-refractivity contribution < 1.29 is 9.59 Å². The number of nitrogens with zero attached hydrogens (tertiary/aromatic N) is 1. The lowest BCUT2D eigenvalue weighted by molar-refractivity contribution is -0.141. The summed E-state index contributed by atoms with van der Waals surface area (Å²) >= 11 is 0. The Morgan fingerprint density at radius 2 is 2.15 bits per heavy atom. The van der Waals surface area contributed by atoms with E-state index in [0.717, 1.165) is 32.6 Å². The van der Waals surface area contributed by atoms with Crippen LogP contribution in [0.4, 0.5) is 0 Å². The first-order valence-corrected chi connectivity index (χ1v) is 7.95. The summed E-state index contributed by atoms with van der Waals surface area (Å²) in [6.45, 7) is 4.50. The first kappa shape index (κ1) is 13.9. The summed E-state index contributed by atoms with van der Waals surface area (Å²) in [6.07, 6.45) is 6.04. The number of nitrogens with one attached hydrogen (secondary N) is 2. The molecular formula is C15H25N3O2. The van der Waals surface area contributed by atoms with Gasteiger partial charge in [0.15, 0.2) is 0 Å². The van der Waals surface area contributed by atoms with Gasteiger partial charge in [0, 0.05) is 38.0 Å². The highest BCUT2D eigenvalue weighted by Gasteiger charge is 2.39. The maximum Gasteiger partial charge on any atom is 0.227 e. The Morgan fingerprint density at radius 3 is 2.85 bits per heavy atom. The van der Waals surface area contributed by atoms with Crippen LogP contribution >= 0.6 is 0 Å². The van der Waals surface area contributed by atoms with E-state index in [1.165, 1.54) is 19.3 Å². The van der Waals surface area contributed by atoms with Gasteiger partial charge in [0.2, 0.25) is 11.8 Å². The van der Waals surface area contributed by atoms with Crippen LogP contribution in [0.25, 0.3) is 0 Å². The summed E-state index contributed by atoms with van der Waals surface area (Å²) in [5.41, 5.74) is 0.310. The maximum absolute atomic E-state index is 12.6. The van der Waals surface area contributed by atoms with Crippen molar-refractivity contribution in [1.82, 2.24) is 15.5 Å². The van der Waals surface area contributed by atoms with Gasteiger partial charge in [-0.2, -0.15) is 0 Å². The summed E-state index contributed by atoms with van der Waals surface area (Å²) in [7, 11) is 0. The van der Waals surface area contributed by atoms with E-state index in [2.05, 4.69) is 15.5 Å². The highest BCUT2D eigenvalue weighted by Crippen LogP contribution is 2.36. The molecule has 0 radical (unpaired) electrons. The third-order valence-corrected chi connectivity index (χ3v) is 5.15. The zero-order chi connectivity index (χ0) is 14.0. The Morgan fingerprint density at radius 1 is 1.30 bits per heavy atom. The van der Waals surface area contributed by atoms with E-state index in [-0.39, 0.29) is 17.7 Å². The van der Waals surface area contributed by atoms with Crippen molar-refractivity contribution in [3.8, 4) is 0 Å². The molecule has 3 fully saturated rings. The summed E-state index contributed by atoms with van der Waals surface area (Å²) in [6, 6.07) is 0. The van der Waals surface area contributed by atoms with Crippen LogP contribution in [0.1, 0.15) is 38.5 Å². The average Bonchev–Trinajstić information content (AvgIpc) is 2.48. The number of hydrogen-bond acceptors (Lipinski definition) is 3. The van der Waals surface area contributed by atoms with Crippen LogP contribution in [-0.4, -0.2) is 49.4 Å². The van der Waals surface area contributed by atoms with Gasteiger partial charge in [0.1, 0.15) is 0 Å². The van der Waals surface area contributed by atoms with Gasteiger partial charge in [-0.3, -0.25) is 9.59 Å². The molecule has 2 amide bonds. The van der Waals surface area contributed by atoms with Gasteiger partial charge < -0.3 is 15.5 Å². The molecule has 20 heavy (non-hydrogen) atoms. The molecule has 3 aliphatic rings. The first-order valence-electron chi connectivity index (χ1n) is 7.95. The van der Waals surface area contributed by atoms with Gasteiger partial charge in [-0.05, 0) is 38.6 Å². The number of likely N-dealkylation sites (tertiary alicyclic amines) is 1. The molecule has 2 unspecified atom stereocenters. The topological polar surface area (TPSA) is 61.4 Å². The van der Waals surface area contributed by atoms with Crippen LogP contribution < -0.4 is 10.6 Å². The number of hydrogen-bond donors (Lipinski definition) is 2. The largest absolute Gasteiger partial charge is 0.355 e. The molecule has 0 aliphatic carbocycles. The summed E-state index contributed by atoms with van der Waals surface area (Å²) in [5.74, 6) is 0.342. The zero-order valence-corrected chi connectivity index (χ0v) is 12.1. The van der Waals surface area contributed by atoms with Crippen molar-refractivity contribution in [2.45, 2.75) is 38.5 Å². The van der Waals surface area contributed by atoms with Gasteiger partial charge >= 0.3 is 0 Å². The highest BCUT2D eigenvalue weighted by atomic mass is 16.2. The van der Waals surface area contributed by atoms with Crippen LogP contribution in [0.15, 0.2) is 0 Å². The van der Waals surface area contributed by atoms with E-state index in [9.17, 15) is 9.59 Å². The van der Waals surface area contributed by atoms with E-state index < -0.39 is 0 Å². The van der Waals surface area contributed by atoms with E-state index in [1.807, 2.05) is 0 Å². The molecular weight excluding hydrogens is 254 g/mol. The quantitative estimate of drug-likeness (QED) is 0.735. The van der Waals surface area contributed by atoms with Gasteiger partial charge in [-0.25, -0.2) is 0 Å². The van der Waals surface area contributed by atoms with Crippen molar-refractivity contribution in [1.29, 1.82) is 0 Å². The second-order valence-electron chi connectivity index (χ2n) is 6.68. The number of piperidine rings is 3. The highest BCUT2D eigenvalue weighted by molar-refractivity contribution is 5.83. The molecule has 5 heteroatoms. The molecule has 3 saturated heterocycles. The van der Waals surface area contributed by atoms with Gasteiger partial charge in [-0.15, -0.1) is 0 Å². The Bertz CT molecular complexity index is 375. The standard InChI is InChI=1S/C15H25N3O2/c19-13-4-3-12(9-17-13)14(20)18-8-2-6-15(11-18)5-1-7-16-10-15/h12,16H,1-11H2,(H,17,19). The molecule has 3 heterocycles. The fraction of sp³-hybridized carbons (Fsp3) is 0.867. The smallest absolute Gasteiger partial charge is 0.227 e. The molecule has 3 aliphatic heterocycles. The normalized spacial score (nSPS) is 34.9. The van der Waals surface area contributed by atoms with Crippen LogP contribution in [-0.2, 0) is 9.59 Å². The Balaban J connectivity index is 1.61. The number of amides is 2. The number of carbonyl (C=O) groups is 2. The van der Waals surface area contributed by atoms with Crippen molar-refractivity contribution in [2.75, 3.05) is 32.7 Å². The fourth-order valence-electron chi connectivity index (χ4n) is 3.98. The lowest BCUT2D eigenvalue weighted by Gasteiger charge is -2.46. The molecule has 0 aromatic rings. The molecule has 0 aromatic heterocycles. The second kappa shape index (κ2) is 5.72.